The predicted octanol–water partition coefficient (Wildman–Crippen LogP) is 5.66. The lowest BCUT2D eigenvalue weighted by Crippen LogP contribution is -2.40. The molecule has 5 heteroatoms. The number of benzene rings is 3. The molecule has 4 rings (SSSR count). The first kappa shape index (κ1) is 23.6. The molecule has 0 fully saturated rings. The molecule has 0 heterocycles. The Bertz CT molecular complexity index is 1110. The highest BCUT2D eigenvalue weighted by atomic mass is 16.2. The number of hydrogen-bond donors (Lipinski definition) is 2. The summed E-state index contributed by atoms with van der Waals surface area (Å²) in [7, 11) is 0. The summed E-state index contributed by atoms with van der Waals surface area (Å²) in [6.07, 6.45) is 4.10. The average Bonchev–Trinajstić information content (AvgIpc) is 2.85. The number of fused-ring (bicyclic) bond motifs is 1. The van der Waals surface area contributed by atoms with Crippen molar-refractivity contribution in [2.75, 3.05) is 18.4 Å². The fourth-order valence-electron chi connectivity index (χ4n) is 4.56. The molecule has 3 aromatic rings. The fourth-order valence-corrected chi connectivity index (χ4v) is 4.56. The fraction of sp³-hybridized carbons (Fsp3) is 0.310. The number of rotatable bonds is 8. The van der Waals surface area contributed by atoms with Gasteiger partial charge in [0.2, 0.25) is 5.91 Å². The first-order chi connectivity index (χ1) is 16.6. The zero-order valence-corrected chi connectivity index (χ0v) is 19.8. The molecule has 1 unspecified atom stereocenters. The van der Waals surface area contributed by atoms with E-state index in [0.29, 0.717) is 13.1 Å². The minimum absolute atomic E-state index is 0.0187. The number of aryl methyl sites for hydroxylation is 2. The second-order valence-corrected chi connectivity index (χ2v) is 8.98. The molecule has 0 aromatic heterocycles. The Morgan fingerprint density at radius 2 is 1.74 bits per heavy atom. The van der Waals surface area contributed by atoms with E-state index in [1.54, 1.807) is 4.90 Å². The number of carbonyl (C=O) groups is 2. The number of nitrogens with zero attached hydrogens (tertiary/aromatic N) is 1. The van der Waals surface area contributed by atoms with Gasteiger partial charge in [-0.2, -0.15) is 0 Å². The summed E-state index contributed by atoms with van der Waals surface area (Å²) in [6.45, 7) is 2.91. The zero-order valence-electron chi connectivity index (χ0n) is 19.8. The lowest BCUT2D eigenvalue weighted by Gasteiger charge is -2.27. The van der Waals surface area contributed by atoms with Gasteiger partial charge in [0.1, 0.15) is 0 Å². The molecule has 3 amide bonds. The van der Waals surface area contributed by atoms with Crippen molar-refractivity contribution in [2.45, 2.75) is 45.1 Å². The van der Waals surface area contributed by atoms with Gasteiger partial charge in [-0.05, 0) is 67.0 Å². The number of amides is 3. The van der Waals surface area contributed by atoms with Crippen molar-refractivity contribution in [3.05, 3.63) is 101 Å². The topological polar surface area (TPSA) is 61.4 Å². The van der Waals surface area contributed by atoms with E-state index in [1.165, 1.54) is 16.7 Å². The van der Waals surface area contributed by atoms with Crippen LogP contribution in [-0.4, -0.2) is 29.9 Å². The lowest BCUT2D eigenvalue weighted by molar-refractivity contribution is -0.122. The molecule has 0 bridgehead atoms. The molecule has 2 N–H and O–H groups in total. The molecule has 1 atom stereocenters. The van der Waals surface area contributed by atoms with Crippen LogP contribution in [0.3, 0.4) is 0 Å². The van der Waals surface area contributed by atoms with Gasteiger partial charge >= 0.3 is 6.03 Å². The number of urea groups is 1. The Hall–Kier alpha value is -3.60. The normalized spacial score (nSPS) is 14.7. The van der Waals surface area contributed by atoms with Crippen molar-refractivity contribution < 1.29 is 9.59 Å². The van der Waals surface area contributed by atoms with Gasteiger partial charge in [-0.1, -0.05) is 66.7 Å². The maximum atomic E-state index is 13.1. The van der Waals surface area contributed by atoms with Crippen molar-refractivity contribution in [3.63, 3.8) is 0 Å². The maximum Gasteiger partial charge on any atom is 0.321 e. The van der Waals surface area contributed by atoms with Crippen molar-refractivity contribution in [3.8, 4) is 0 Å². The molecule has 34 heavy (non-hydrogen) atoms. The van der Waals surface area contributed by atoms with E-state index in [9.17, 15) is 9.59 Å². The molecule has 0 saturated carbocycles. The molecule has 0 radical (unpaired) electrons. The molecule has 3 aromatic carbocycles. The third-order valence-electron chi connectivity index (χ3n) is 6.38. The first-order valence-corrected chi connectivity index (χ1v) is 12.1. The van der Waals surface area contributed by atoms with E-state index in [2.05, 4.69) is 41.0 Å². The molecule has 0 saturated heterocycles. The maximum absolute atomic E-state index is 13.1. The van der Waals surface area contributed by atoms with Crippen LogP contribution in [-0.2, 0) is 17.6 Å². The van der Waals surface area contributed by atoms with Gasteiger partial charge in [-0.3, -0.25) is 4.79 Å². The number of hydrogen-bond acceptors (Lipinski definition) is 2. The summed E-state index contributed by atoms with van der Waals surface area (Å²) in [5, 5.41) is 6.20. The van der Waals surface area contributed by atoms with Crippen molar-refractivity contribution >= 4 is 17.6 Å². The van der Waals surface area contributed by atoms with E-state index < -0.39 is 0 Å². The summed E-state index contributed by atoms with van der Waals surface area (Å²) in [5.41, 5.74) is 5.55. The predicted molar refractivity (Wildman–Crippen MR) is 137 cm³/mol. The summed E-state index contributed by atoms with van der Waals surface area (Å²) in [4.78, 5) is 27.7. The SMILES string of the molecule is Cc1cccc(NC(=O)N(CCC(=O)NC2CCCc3ccccc32)CCc2ccccc2)c1. The third-order valence-corrected chi connectivity index (χ3v) is 6.38. The number of nitrogens with one attached hydrogen (secondary N) is 2. The Morgan fingerprint density at radius 3 is 2.56 bits per heavy atom. The van der Waals surface area contributed by atoms with E-state index in [1.807, 2.05) is 55.5 Å². The molecule has 5 nitrogen and oxygen atoms in total. The van der Waals surface area contributed by atoms with Crippen LogP contribution in [0.15, 0.2) is 78.9 Å². The van der Waals surface area contributed by atoms with Gasteiger partial charge in [0.25, 0.3) is 0 Å². The van der Waals surface area contributed by atoms with Gasteiger partial charge in [0.05, 0.1) is 6.04 Å². The van der Waals surface area contributed by atoms with Crippen LogP contribution in [0.2, 0.25) is 0 Å². The Labute approximate surface area is 202 Å². The minimum atomic E-state index is -0.183. The molecule has 176 valence electrons. The molecular weight excluding hydrogens is 422 g/mol. The van der Waals surface area contributed by atoms with Gasteiger partial charge in [-0.25, -0.2) is 4.79 Å². The van der Waals surface area contributed by atoms with Crippen LogP contribution in [0.25, 0.3) is 0 Å². The van der Waals surface area contributed by atoms with Crippen LogP contribution in [0.5, 0.6) is 0 Å². The van der Waals surface area contributed by atoms with E-state index in [4.69, 9.17) is 0 Å². The van der Waals surface area contributed by atoms with Gasteiger partial charge < -0.3 is 15.5 Å². The number of anilines is 1. The van der Waals surface area contributed by atoms with Gasteiger partial charge in [0, 0.05) is 25.2 Å². The van der Waals surface area contributed by atoms with E-state index in [0.717, 1.165) is 36.9 Å². The molecular formula is C29H33N3O2. The highest BCUT2D eigenvalue weighted by molar-refractivity contribution is 5.89. The third kappa shape index (κ3) is 6.47. The van der Waals surface area contributed by atoms with Gasteiger partial charge in [0.15, 0.2) is 0 Å². The molecule has 0 aliphatic heterocycles. The summed E-state index contributed by atoms with van der Waals surface area (Å²) in [6, 6.07) is 26.1. The second-order valence-electron chi connectivity index (χ2n) is 8.98. The monoisotopic (exact) mass is 455 g/mol. The van der Waals surface area contributed by atoms with Gasteiger partial charge in [-0.15, -0.1) is 0 Å². The Kier molecular flexibility index (Phi) is 7.97. The van der Waals surface area contributed by atoms with Crippen LogP contribution in [0.4, 0.5) is 10.5 Å². The first-order valence-electron chi connectivity index (χ1n) is 12.1. The molecule has 1 aliphatic carbocycles. The summed E-state index contributed by atoms with van der Waals surface area (Å²) >= 11 is 0. The second kappa shape index (κ2) is 11.5. The highest BCUT2D eigenvalue weighted by Gasteiger charge is 2.22. The van der Waals surface area contributed by atoms with Crippen molar-refractivity contribution in [1.82, 2.24) is 10.2 Å². The van der Waals surface area contributed by atoms with Crippen LogP contribution < -0.4 is 10.6 Å². The van der Waals surface area contributed by atoms with Crippen molar-refractivity contribution in [1.29, 1.82) is 0 Å². The van der Waals surface area contributed by atoms with Crippen LogP contribution in [0.1, 0.15) is 47.6 Å². The number of carbonyl (C=O) groups excluding carboxylic acids is 2. The zero-order chi connectivity index (χ0) is 23.8. The quantitative estimate of drug-likeness (QED) is 0.461. The molecule has 0 spiro atoms. The summed E-state index contributed by atoms with van der Waals surface area (Å²) in [5.74, 6) is -0.0187. The Morgan fingerprint density at radius 1 is 0.941 bits per heavy atom. The minimum Gasteiger partial charge on any atom is -0.349 e. The Balaban J connectivity index is 1.38. The standard InChI is InChI=1S/C29H33N3O2/c1-22-9-7-14-25(21-22)30-29(34)32(19-17-23-10-3-2-4-11-23)20-18-28(33)31-27-16-8-13-24-12-5-6-15-26(24)27/h2-7,9-12,14-15,21,27H,8,13,16-20H2,1H3,(H,30,34)(H,31,33). The molecule has 1 aliphatic rings. The average molecular weight is 456 g/mol. The van der Waals surface area contributed by atoms with Crippen molar-refractivity contribution in [2.24, 2.45) is 0 Å². The largest absolute Gasteiger partial charge is 0.349 e. The highest BCUT2D eigenvalue weighted by Crippen LogP contribution is 2.29. The van der Waals surface area contributed by atoms with Crippen LogP contribution >= 0.6 is 0 Å². The van der Waals surface area contributed by atoms with E-state index >= 15 is 0 Å². The van der Waals surface area contributed by atoms with E-state index in [-0.39, 0.29) is 24.4 Å². The van der Waals surface area contributed by atoms with Crippen LogP contribution in [0, 0.1) is 6.92 Å². The smallest absolute Gasteiger partial charge is 0.321 e. The lowest BCUT2D eigenvalue weighted by atomic mass is 9.87. The summed E-state index contributed by atoms with van der Waals surface area (Å²) < 4.78 is 0.